The lowest BCUT2D eigenvalue weighted by atomic mass is 10.1. The Morgan fingerprint density at radius 3 is 2.61 bits per heavy atom. The second-order valence-electron chi connectivity index (χ2n) is 6.03. The van der Waals surface area contributed by atoms with Gasteiger partial charge in [-0.1, -0.05) is 0 Å². The summed E-state index contributed by atoms with van der Waals surface area (Å²) in [5, 5.41) is 33.1. The van der Waals surface area contributed by atoms with Crippen LogP contribution in [0.25, 0.3) is 0 Å². The summed E-state index contributed by atoms with van der Waals surface area (Å²) in [5.41, 5.74) is -0.656. The van der Waals surface area contributed by atoms with Crippen LogP contribution in [0.5, 0.6) is 0 Å². The predicted octanol–water partition coefficient (Wildman–Crippen LogP) is 1.22. The molecule has 2 unspecified atom stereocenters. The molecule has 0 aromatic carbocycles. The number of aryl methyl sites for hydroxylation is 1. The van der Waals surface area contributed by atoms with Crippen LogP contribution in [0.15, 0.2) is 12.3 Å². The molecule has 1 aromatic heterocycles. The maximum atomic E-state index is 11.5. The highest BCUT2D eigenvalue weighted by molar-refractivity contribution is 5.67. The van der Waals surface area contributed by atoms with E-state index in [0.717, 1.165) is 6.07 Å². The van der Waals surface area contributed by atoms with Crippen molar-refractivity contribution in [2.75, 3.05) is 6.54 Å². The lowest BCUT2D eigenvalue weighted by molar-refractivity contribution is -0.385. The van der Waals surface area contributed by atoms with Crippen molar-refractivity contribution >= 4 is 11.8 Å². The van der Waals surface area contributed by atoms with E-state index >= 15 is 0 Å². The largest absolute Gasteiger partial charge is 0.444 e. The van der Waals surface area contributed by atoms with E-state index < -0.39 is 28.8 Å². The van der Waals surface area contributed by atoms with Crippen molar-refractivity contribution in [3.63, 3.8) is 0 Å². The van der Waals surface area contributed by atoms with Crippen LogP contribution in [0.1, 0.15) is 38.1 Å². The van der Waals surface area contributed by atoms with Gasteiger partial charge in [0.1, 0.15) is 23.5 Å². The molecule has 0 bridgehead atoms. The van der Waals surface area contributed by atoms with Crippen molar-refractivity contribution < 1.29 is 24.7 Å². The van der Waals surface area contributed by atoms with E-state index in [4.69, 9.17) is 4.74 Å². The van der Waals surface area contributed by atoms with Crippen LogP contribution >= 0.6 is 0 Å². The maximum absolute atomic E-state index is 11.5. The average molecular weight is 327 g/mol. The summed E-state index contributed by atoms with van der Waals surface area (Å²) >= 11 is 0. The van der Waals surface area contributed by atoms with Crippen molar-refractivity contribution in [1.82, 2.24) is 10.3 Å². The van der Waals surface area contributed by atoms with Crippen LogP contribution in [0.2, 0.25) is 0 Å². The number of hydrogen-bond donors (Lipinski definition) is 3. The molecule has 1 aromatic rings. The van der Waals surface area contributed by atoms with Gasteiger partial charge in [-0.25, -0.2) is 4.79 Å². The summed E-state index contributed by atoms with van der Waals surface area (Å²) in [7, 11) is 0. The predicted molar refractivity (Wildman–Crippen MR) is 80.8 cm³/mol. The SMILES string of the molecule is Cc1ncc(C(O)C(O)CNC(=O)OC(C)(C)C)cc1[N+](=O)[O-]. The molecule has 3 N–H and O–H groups in total. The highest BCUT2D eigenvalue weighted by atomic mass is 16.6. The Hall–Kier alpha value is -2.26. The molecule has 0 fully saturated rings. The summed E-state index contributed by atoms with van der Waals surface area (Å²) in [6, 6.07) is 1.14. The van der Waals surface area contributed by atoms with Gasteiger partial charge in [0.15, 0.2) is 0 Å². The number of rotatable bonds is 5. The van der Waals surface area contributed by atoms with Crippen LogP contribution < -0.4 is 5.32 Å². The first-order chi connectivity index (χ1) is 10.5. The fourth-order valence-electron chi connectivity index (χ4n) is 1.72. The molecule has 9 heteroatoms. The summed E-state index contributed by atoms with van der Waals surface area (Å²) in [6.07, 6.45) is -2.30. The Kier molecular flexibility index (Phi) is 5.99. The summed E-state index contributed by atoms with van der Waals surface area (Å²) in [4.78, 5) is 25.5. The third-order valence-electron chi connectivity index (χ3n) is 2.84. The standard InChI is InChI=1S/C14H21N3O6/c1-8-10(17(21)22)5-9(6-15-8)12(19)11(18)7-16-13(20)23-14(2,3)4/h5-6,11-12,18-19H,7H2,1-4H3,(H,16,20). The van der Waals surface area contributed by atoms with Crippen LogP contribution in [-0.2, 0) is 4.74 Å². The number of carbonyl (C=O) groups excluding carboxylic acids is 1. The van der Waals surface area contributed by atoms with Gasteiger partial charge in [0, 0.05) is 24.4 Å². The minimum absolute atomic E-state index is 0.0841. The number of aliphatic hydroxyl groups is 2. The number of nitrogens with zero attached hydrogens (tertiary/aromatic N) is 2. The number of hydrogen-bond acceptors (Lipinski definition) is 7. The Morgan fingerprint density at radius 1 is 1.48 bits per heavy atom. The van der Waals surface area contributed by atoms with Crippen LogP contribution in [-0.4, -0.2) is 44.5 Å². The van der Waals surface area contributed by atoms with Crippen molar-refractivity contribution in [2.45, 2.75) is 45.5 Å². The van der Waals surface area contributed by atoms with Gasteiger partial charge in [0.05, 0.1) is 4.92 Å². The summed E-state index contributed by atoms with van der Waals surface area (Å²) < 4.78 is 5.00. The molecule has 0 aliphatic carbocycles. The Balaban J connectivity index is 2.70. The van der Waals surface area contributed by atoms with Crippen LogP contribution in [0.4, 0.5) is 10.5 Å². The molecule has 0 radical (unpaired) electrons. The monoisotopic (exact) mass is 327 g/mol. The van der Waals surface area contributed by atoms with Gasteiger partial charge in [-0.3, -0.25) is 15.1 Å². The Morgan fingerprint density at radius 2 is 2.09 bits per heavy atom. The molecule has 0 saturated carbocycles. The zero-order chi connectivity index (χ0) is 17.8. The van der Waals surface area contributed by atoms with Crippen molar-refractivity contribution in [3.05, 3.63) is 33.6 Å². The zero-order valence-electron chi connectivity index (χ0n) is 13.4. The minimum Gasteiger partial charge on any atom is -0.444 e. The molecule has 0 saturated heterocycles. The normalized spacial score (nSPS) is 14.0. The van der Waals surface area contributed by atoms with E-state index in [1.807, 2.05) is 0 Å². The average Bonchev–Trinajstić information content (AvgIpc) is 2.42. The topological polar surface area (TPSA) is 135 Å². The van der Waals surface area contributed by atoms with Gasteiger partial charge < -0.3 is 20.3 Å². The van der Waals surface area contributed by atoms with E-state index in [9.17, 15) is 25.1 Å². The molecule has 0 spiro atoms. The highest BCUT2D eigenvalue weighted by Crippen LogP contribution is 2.23. The number of aromatic nitrogens is 1. The second-order valence-corrected chi connectivity index (χ2v) is 6.03. The smallest absolute Gasteiger partial charge is 0.407 e. The Labute approximate surface area is 133 Å². The van der Waals surface area contributed by atoms with Gasteiger partial charge in [0.2, 0.25) is 0 Å². The van der Waals surface area contributed by atoms with E-state index in [0.29, 0.717) is 0 Å². The number of nitrogens with one attached hydrogen (secondary N) is 1. The first kappa shape index (κ1) is 18.8. The number of alkyl carbamates (subject to hydrolysis) is 1. The van der Waals surface area contributed by atoms with E-state index in [2.05, 4.69) is 10.3 Å². The summed E-state index contributed by atoms with van der Waals surface area (Å²) in [5.74, 6) is 0. The molecule has 1 amide bonds. The molecule has 128 valence electrons. The first-order valence-electron chi connectivity index (χ1n) is 6.95. The summed E-state index contributed by atoms with van der Waals surface area (Å²) in [6.45, 7) is 6.26. The van der Waals surface area contributed by atoms with Crippen LogP contribution in [0.3, 0.4) is 0 Å². The lowest BCUT2D eigenvalue weighted by Gasteiger charge is -2.22. The molecule has 0 aliphatic rings. The van der Waals surface area contributed by atoms with Crippen LogP contribution in [0, 0.1) is 17.0 Å². The quantitative estimate of drug-likeness (QED) is 0.546. The third kappa shape index (κ3) is 5.80. The van der Waals surface area contributed by atoms with Gasteiger partial charge in [-0.2, -0.15) is 0 Å². The van der Waals surface area contributed by atoms with E-state index in [-0.39, 0.29) is 23.5 Å². The molecule has 9 nitrogen and oxygen atoms in total. The molecular formula is C14H21N3O6. The van der Waals surface area contributed by atoms with Crippen molar-refractivity contribution in [3.8, 4) is 0 Å². The number of aliphatic hydroxyl groups excluding tert-OH is 2. The lowest BCUT2D eigenvalue weighted by Crippen LogP contribution is -2.38. The van der Waals surface area contributed by atoms with Gasteiger partial charge >= 0.3 is 6.09 Å². The highest BCUT2D eigenvalue weighted by Gasteiger charge is 2.24. The maximum Gasteiger partial charge on any atom is 0.407 e. The fourth-order valence-corrected chi connectivity index (χ4v) is 1.72. The fraction of sp³-hybridized carbons (Fsp3) is 0.571. The van der Waals surface area contributed by atoms with E-state index in [1.165, 1.54) is 13.1 Å². The number of nitro groups is 1. The molecule has 23 heavy (non-hydrogen) atoms. The number of carbonyl (C=O) groups is 1. The molecule has 2 atom stereocenters. The minimum atomic E-state index is -1.43. The second kappa shape index (κ2) is 7.34. The van der Waals surface area contributed by atoms with Crippen molar-refractivity contribution in [2.24, 2.45) is 0 Å². The molecule has 0 aliphatic heterocycles. The Bertz CT molecular complexity index is 584. The number of pyridine rings is 1. The van der Waals surface area contributed by atoms with Gasteiger partial charge in [-0.05, 0) is 27.7 Å². The van der Waals surface area contributed by atoms with Gasteiger partial charge in [-0.15, -0.1) is 0 Å². The third-order valence-corrected chi connectivity index (χ3v) is 2.84. The first-order valence-corrected chi connectivity index (χ1v) is 6.95. The zero-order valence-corrected chi connectivity index (χ0v) is 13.4. The molecule has 1 heterocycles. The molecule has 1 rings (SSSR count). The van der Waals surface area contributed by atoms with Gasteiger partial charge in [0.25, 0.3) is 5.69 Å². The number of ether oxygens (including phenoxy) is 1. The number of amides is 1. The molecular weight excluding hydrogens is 306 g/mol. The van der Waals surface area contributed by atoms with Crippen molar-refractivity contribution in [1.29, 1.82) is 0 Å². The van der Waals surface area contributed by atoms with E-state index in [1.54, 1.807) is 20.8 Å².